The molecule has 1 saturated heterocycles. The second kappa shape index (κ2) is 11.7. The lowest BCUT2D eigenvalue weighted by Crippen LogP contribution is -2.51. The molecule has 28 heavy (non-hydrogen) atoms. The van der Waals surface area contributed by atoms with E-state index in [1.54, 1.807) is 17.0 Å². The fraction of sp³-hybridized carbons (Fsp3) is 0.611. The van der Waals surface area contributed by atoms with Gasteiger partial charge < -0.3 is 19.7 Å². The van der Waals surface area contributed by atoms with E-state index in [0.29, 0.717) is 31.9 Å². The lowest BCUT2D eigenvalue weighted by atomic mass is 10.1. The third-order valence-electron chi connectivity index (χ3n) is 4.48. The molecule has 0 spiro atoms. The normalized spacial score (nSPS) is 17.4. The number of sulfonamides is 1. The smallest absolute Gasteiger partial charge is 0.253 e. The Kier molecular flexibility index (Phi) is 10.4. The van der Waals surface area contributed by atoms with Gasteiger partial charge in [0.1, 0.15) is 0 Å². The van der Waals surface area contributed by atoms with Gasteiger partial charge in [-0.05, 0) is 31.2 Å². The third kappa shape index (κ3) is 6.40. The molecule has 1 aliphatic heterocycles. The van der Waals surface area contributed by atoms with E-state index in [-0.39, 0.29) is 42.3 Å². The number of amides is 1. The molecular weight excluding hydrogens is 406 g/mol. The zero-order valence-electron chi connectivity index (χ0n) is 16.6. The van der Waals surface area contributed by atoms with Gasteiger partial charge in [0.2, 0.25) is 10.0 Å². The molecule has 0 bridgehead atoms. The van der Waals surface area contributed by atoms with Crippen molar-refractivity contribution in [3.63, 3.8) is 0 Å². The molecule has 1 fully saturated rings. The molecule has 160 valence electrons. The molecule has 8 nitrogen and oxygen atoms in total. The first kappa shape index (κ1) is 24.8. The van der Waals surface area contributed by atoms with Crippen molar-refractivity contribution in [2.75, 3.05) is 60.2 Å². The van der Waals surface area contributed by atoms with Crippen LogP contribution in [-0.4, -0.2) is 89.7 Å². The second-order valence-electron chi connectivity index (χ2n) is 6.52. The van der Waals surface area contributed by atoms with Crippen molar-refractivity contribution in [2.24, 2.45) is 0 Å². The van der Waals surface area contributed by atoms with E-state index in [9.17, 15) is 13.2 Å². The van der Waals surface area contributed by atoms with Crippen LogP contribution < -0.4 is 5.32 Å². The Balaban J connectivity index is 0.00000392. The largest absolute Gasteiger partial charge is 0.383 e. The van der Waals surface area contributed by atoms with Gasteiger partial charge in [-0.3, -0.25) is 4.79 Å². The van der Waals surface area contributed by atoms with Crippen LogP contribution in [0.3, 0.4) is 0 Å². The number of benzene rings is 1. The molecule has 0 saturated carbocycles. The Hall–Kier alpha value is -1.23. The van der Waals surface area contributed by atoms with Gasteiger partial charge in [0.25, 0.3) is 5.91 Å². The van der Waals surface area contributed by atoms with Gasteiger partial charge in [0.05, 0.1) is 18.1 Å². The van der Waals surface area contributed by atoms with Crippen molar-refractivity contribution >= 4 is 28.3 Å². The van der Waals surface area contributed by atoms with Crippen molar-refractivity contribution in [1.29, 1.82) is 0 Å². The van der Waals surface area contributed by atoms with E-state index >= 15 is 0 Å². The summed E-state index contributed by atoms with van der Waals surface area (Å²) in [6.07, 6.45) is 0. The average molecular weight is 436 g/mol. The maximum Gasteiger partial charge on any atom is 0.253 e. The summed E-state index contributed by atoms with van der Waals surface area (Å²) in [7, 11) is -0.631. The van der Waals surface area contributed by atoms with Crippen molar-refractivity contribution in [2.45, 2.75) is 17.9 Å². The van der Waals surface area contributed by atoms with E-state index in [4.69, 9.17) is 9.47 Å². The number of nitrogens with one attached hydrogen (secondary N) is 1. The number of piperazine rings is 1. The highest BCUT2D eigenvalue weighted by Gasteiger charge is 2.25. The summed E-state index contributed by atoms with van der Waals surface area (Å²) < 4.78 is 37.1. The predicted octanol–water partition coefficient (Wildman–Crippen LogP) is 0.826. The number of nitrogens with zero attached hydrogens (tertiary/aromatic N) is 2. The van der Waals surface area contributed by atoms with Crippen LogP contribution in [-0.2, 0) is 19.5 Å². The van der Waals surface area contributed by atoms with Crippen LogP contribution in [0.5, 0.6) is 0 Å². The fourth-order valence-corrected chi connectivity index (χ4v) is 4.36. The number of methoxy groups -OCH3 is 2. The Morgan fingerprint density at radius 2 is 1.75 bits per heavy atom. The monoisotopic (exact) mass is 435 g/mol. The first-order chi connectivity index (χ1) is 12.9. The first-order valence-corrected chi connectivity index (χ1v) is 10.4. The molecule has 0 aromatic heterocycles. The zero-order chi connectivity index (χ0) is 19.9. The van der Waals surface area contributed by atoms with Gasteiger partial charge >= 0.3 is 0 Å². The minimum Gasteiger partial charge on any atom is -0.383 e. The number of ether oxygens (including phenoxy) is 2. The highest BCUT2D eigenvalue weighted by atomic mass is 35.5. The molecule has 1 aromatic rings. The Labute approximate surface area is 173 Å². The molecule has 0 radical (unpaired) electrons. The molecule has 1 heterocycles. The number of rotatable bonds is 9. The van der Waals surface area contributed by atoms with Crippen LogP contribution in [0.25, 0.3) is 0 Å². The zero-order valence-corrected chi connectivity index (χ0v) is 18.2. The number of hydrogen-bond acceptors (Lipinski definition) is 6. The molecule has 1 aromatic carbocycles. The Bertz CT molecular complexity index is 706. The van der Waals surface area contributed by atoms with Crippen LogP contribution in [0.1, 0.15) is 17.3 Å². The molecular formula is C18H30ClN3O5S. The van der Waals surface area contributed by atoms with E-state index in [1.165, 1.54) is 30.7 Å². The summed E-state index contributed by atoms with van der Waals surface area (Å²) >= 11 is 0. The SMILES string of the molecule is COCCN(CCOC)S(=O)(=O)c1ccc(C(=O)N2CCNC(C)C2)cc1.Cl. The number of carbonyl (C=O) groups is 1. The van der Waals surface area contributed by atoms with E-state index in [0.717, 1.165) is 6.54 Å². The molecule has 1 aliphatic rings. The molecule has 2 rings (SSSR count). The topological polar surface area (TPSA) is 88.2 Å². The molecule has 1 N–H and O–H groups in total. The number of halogens is 1. The van der Waals surface area contributed by atoms with Crippen LogP contribution >= 0.6 is 12.4 Å². The number of carbonyl (C=O) groups excluding carboxylic acids is 1. The van der Waals surface area contributed by atoms with E-state index < -0.39 is 10.0 Å². The summed E-state index contributed by atoms with van der Waals surface area (Å²) in [5, 5.41) is 3.29. The van der Waals surface area contributed by atoms with Gasteiger partial charge in [-0.2, -0.15) is 4.31 Å². The van der Waals surface area contributed by atoms with Crippen molar-refractivity contribution in [3.05, 3.63) is 29.8 Å². The number of hydrogen-bond donors (Lipinski definition) is 1. The lowest BCUT2D eigenvalue weighted by molar-refractivity contribution is 0.0709. The van der Waals surface area contributed by atoms with Gasteiger partial charge in [0, 0.05) is 58.5 Å². The maximum atomic E-state index is 12.9. The summed E-state index contributed by atoms with van der Waals surface area (Å²) in [6, 6.07) is 6.37. The third-order valence-corrected chi connectivity index (χ3v) is 6.40. The van der Waals surface area contributed by atoms with E-state index in [2.05, 4.69) is 5.32 Å². The molecule has 1 unspecified atom stereocenters. The molecule has 1 amide bonds. The predicted molar refractivity (Wildman–Crippen MR) is 110 cm³/mol. The molecule has 10 heteroatoms. The van der Waals surface area contributed by atoms with Gasteiger partial charge in [0.15, 0.2) is 0 Å². The molecule has 1 atom stereocenters. The van der Waals surface area contributed by atoms with Crippen LogP contribution in [0, 0.1) is 0 Å². The van der Waals surface area contributed by atoms with Crippen molar-refractivity contribution in [3.8, 4) is 0 Å². The van der Waals surface area contributed by atoms with E-state index in [1.807, 2.05) is 6.92 Å². The lowest BCUT2D eigenvalue weighted by Gasteiger charge is -2.32. The highest BCUT2D eigenvalue weighted by molar-refractivity contribution is 7.89. The fourth-order valence-electron chi connectivity index (χ4n) is 2.96. The maximum absolute atomic E-state index is 12.9. The van der Waals surface area contributed by atoms with Crippen molar-refractivity contribution in [1.82, 2.24) is 14.5 Å². The quantitative estimate of drug-likeness (QED) is 0.618. The first-order valence-electron chi connectivity index (χ1n) is 9.01. The van der Waals surface area contributed by atoms with Gasteiger partial charge in [-0.25, -0.2) is 8.42 Å². The van der Waals surface area contributed by atoms with Gasteiger partial charge in [-0.1, -0.05) is 0 Å². The minimum absolute atomic E-state index is 0. The Morgan fingerprint density at radius 3 is 2.25 bits per heavy atom. The Morgan fingerprint density at radius 1 is 1.18 bits per heavy atom. The summed E-state index contributed by atoms with van der Waals surface area (Å²) in [5.74, 6) is -0.0806. The summed E-state index contributed by atoms with van der Waals surface area (Å²) in [5.41, 5.74) is 0.489. The highest BCUT2D eigenvalue weighted by Crippen LogP contribution is 2.18. The minimum atomic E-state index is -3.68. The average Bonchev–Trinajstić information content (AvgIpc) is 2.67. The summed E-state index contributed by atoms with van der Waals surface area (Å²) in [4.78, 5) is 14.6. The van der Waals surface area contributed by atoms with Crippen molar-refractivity contribution < 1.29 is 22.7 Å². The summed E-state index contributed by atoms with van der Waals surface area (Å²) in [6.45, 7) is 5.13. The van der Waals surface area contributed by atoms with Crippen LogP contribution in [0.15, 0.2) is 29.2 Å². The van der Waals surface area contributed by atoms with Crippen LogP contribution in [0.4, 0.5) is 0 Å². The van der Waals surface area contributed by atoms with Crippen LogP contribution in [0.2, 0.25) is 0 Å². The van der Waals surface area contributed by atoms with Gasteiger partial charge in [-0.15, -0.1) is 12.4 Å². The standard InChI is InChI=1S/C18H29N3O5S.ClH/c1-15-14-20(9-8-19-15)18(22)16-4-6-17(7-5-16)27(23,24)21(10-12-25-2)11-13-26-3;/h4-7,15,19H,8-14H2,1-3H3;1H. The molecule has 0 aliphatic carbocycles. The second-order valence-corrected chi connectivity index (χ2v) is 8.46.